The van der Waals surface area contributed by atoms with Crippen LogP contribution in [0, 0.1) is 12.7 Å². The molecule has 184 valence electrons. The van der Waals surface area contributed by atoms with Crippen LogP contribution in [0.5, 0.6) is 5.75 Å². The third kappa shape index (κ3) is 5.42. The number of aromatic nitrogens is 2. The van der Waals surface area contributed by atoms with E-state index in [0.29, 0.717) is 51.2 Å². The minimum Gasteiger partial charge on any atom is -0.492 e. The van der Waals surface area contributed by atoms with Crippen LogP contribution in [0.1, 0.15) is 53.8 Å². The van der Waals surface area contributed by atoms with Crippen molar-refractivity contribution in [1.29, 1.82) is 0 Å². The van der Waals surface area contributed by atoms with Gasteiger partial charge in [0.2, 0.25) is 5.91 Å². The standard InChI is InChI=1S/C24H23Cl2FN4O3S/c1-4-34-21-16(9-15(25)10-17(21)26)14-8-18(27)20(28-11-14)13(3)29-23(33)24(5-6-24)30-22(32)19-7-12(2)31-35-19/h7-11,13H,4-6H2,1-3H3,(H,29,33)(H,30,32)/t13-/m1/s1. The van der Waals surface area contributed by atoms with Gasteiger partial charge in [0.05, 0.1) is 29.1 Å². The van der Waals surface area contributed by atoms with E-state index in [1.807, 2.05) is 6.92 Å². The van der Waals surface area contributed by atoms with E-state index in [2.05, 4.69) is 20.0 Å². The highest BCUT2D eigenvalue weighted by Crippen LogP contribution is 2.40. The summed E-state index contributed by atoms with van der Waals surface area (Å²) in [5.74, 6) is -0.959. The van der Waals surface area contributed by atoms with Gasteiger partial charge in [0.1, 0.15) is 22.0 Å². The highest BCUT2D eigenvalue weighted by Gasteiger charge is 2.51. The van der Waals surface area contributed by atoms with Crippen LogP contribution in [0.15, 0.2) is 30.5 Å². The van der Waals surface area contributed by atoms with Crippen molar-refractivity contribution in [3.8, 4) is 16.9 Å². The number of hydrogen-bond donors (Lipinski definition) is 2. The topological polar surface area (TPSA) is 93.2 Å². The third-order valence-electron chi connectivity index (χ3n) is 5.62. The number of nitrogens with zero attached hydrogens (tertiary/aromatic N) is 2. The van der Waals surface area contributed by atoms with Gasteiger partial charge in [0.15, 0.2) is 0 Å². The Labute approximate surface area is 216 Å². The number of halogens is 3. The van der Waals surface area contributed by atoms with E-state index in [1.54, 1.807) is 32.0 Å². The van der Waals surface area contributed by atoms with Crippen LogP contribution in [0.25, 0.3) is 11.1 Å². The van der Waals surface area contributed by atoms with Crippen LogP contribution in [-0.4, -0.2) is 33.3 Å². The average Bonchev–Trinajstić information content (AvgIpc) is 3.45. The summed E-state index contributed by atoms with van der Waals surface area (Å²) in [6.45, 7) is 5.61. The predicted molar refractivity (Wildman–Crippen MR) is 134 cm³/mol. The number of pyridine rings is 1. The van der Waals surface area contributed by atoms with E-state index in [0.717, 1.165) is 17.2 Å². The third-order valence-corrected chi connectivity index (χ3v) is 7.00. The monoisotopic (exact) mass is 536 g/mol. The molecule has 2 N–H and O–H groups in total. The molecule has 35 heavy (non-hydrogen) atoms. The smallest absolute Gasteiger partial charge is 0.263 e. The second-order valence-electron chi connectivity index (χ2n) is 8.35. The fraction of sp³-hybridized carbons (Fsp3) is 0.333. The molecule has 1 saturated carbocycles. The minimum atomic E-state index is -1.01. The summed E-state index contributed by atoms with van der Waals surface area (Å²) >= 11 is 13.5. The zero-order valence-electron chi connectivity index (χ0n) is 19.2. The van der Waals surface area contributed by atoms with Crippen molar-refractivity contribution in [2.45, 2.75) is 45.2 Å². The minimum absolute atomic E-state index is 0.0633. The summed E-state index contributed by atoms with van der Waals surface area (Å²) in [4.78, 5) is 30.1. The largest absolute Gasteiger partial charge is 0.492 e. The fourth-order valence-corrected chi connectivity index (χ4v) is 4.87. The first kappa shape index (κ1) is 25.3. The highest BCUT2D eigenvalue weighted by molar-refractivity contribution is 7.08. The van der Waals surface area contributed by atoms with Gasteiger partial charge in [-0.3, -0.25) is 14.6 Å². The van der Waals surface area contributed by atoms with Crippen LogP contribution >= 0.6 is 34.7 Å². The molecular formula is C24H23Cl2FN4O3S. The second-order valence-corrected chi connectivity index (χ2v) is 10.0. The van der Waals surface area contributed by atoms with Gasteiger partial charge in [0, 0.05) is 22.3 Å². The number of nitrogens with one attached hydrogen (secondary N) is 2. The quantitative estimate of drug-likeness (QED) is 0.396. The van der Waals surface area contributed by atoms with Crippen molar-refractivity contribution < 1.29 is 18.7 Å². The first-order valence-electron chi connectivity index (χ1n) is 11.0. The van der Waals surface area contributed by atoms with Crippen LogP contribution in [0.3, 0.4) is 0 Å². The number of amides is 2. The van der Waals surface area contributed by atoms with Gasteiger partial charge in [-0.1, -0.05) is 23.2 Å². The summed E-state index contributed by atoms with van der Waals surface area (Å²) in [5.41, 5.74) is 0.735. The maximum atomic E-state index is 15.1. The molecule has 0 unspecified atom stereocenters. The van der Waals surface area contributed by atoms with E-state index in [1.165, 1.54) is 12.3 Å². The number of carbonyl (C=O) groups excluding carboxylic acids is 2. The van der Waals surface area contributed by atoms with Crippen LogP contribution in [0.2, 0.25) is 10.0 Å². The van der Waals surface area contributed by atoms with Crippen molar-refractivity contribution in [2.75, 3.05) is 6.61 Å². The van der Waals surface area contributed by atoms with Gasteiger partial charge < -0.3 is 15.4 Å². The van der Waals surface area contributed by atoms with Gasteiger partial charge >= 0.3 is 0 Å². The van der Waals surface area contributed by atoms with Crippen LogP contribution < -0.4 is 15.4 Å². The summed E-state index contributed by atoms with van der Waals surface area (Å²) in [7, 11) is 0. The number of benzene rings is 1. The lowest BCUT2D eigenvalue weighted by molar-refractivity contribution is -0.124. The Balaban J connectivity index is 1.50. The highest BCUT2D eigenvalue weighted by atomic mass is 35.5. The lowest BCUT2D eigenvalue weighted by atomic mass is 10.0. The number of hydrogen-bond acceptors (Lipinski definition) is 6. The summed E-state index contributed by atoms with van der Waals surface area (Å²) in [6.07, 6.45) is 2.48. The van der Waals surface area contributed by atoms with Gasteiger partial charge in [-0.2, -0.15) is 4.37 Å². The van der Waals surface area contributed by atoms with Crippen LogP contribution in [-0.2, 0) is 4.79 Å². The predicted octanol–water partition coefficient (Wildman–Crippen LogP) is 5.50. The Bertz CT molecular complexity index is 1300. The fourth-order valence-electron chi connectivity index (χ4n) is 3.67. The molecule has 2 aromatic heterocycles. The first-order valence-corrected chi connectivity index (χ1v) is 12.5. The molecule has 0 aliphatic heterocycles. The van der Waals surface area contributed by atoms with Crippen molar-refractivity contribution in [3.05, 3.63) is 62.6 Å². The van der Waals surface area contributed by atoms with E-state index < -0.39 is 17.4 Å². The molecule has 0 bridgehead atoms. The molecule has 2 amide bonds. The maximum absolute atomic E-state index is 15.1. The SMILES string of the molecule is CCOc1c(Cl)cc(Cl)cc1-c1cnc([C@@H](C)NC(=O)C2(NC(=O)c3cc(C)ns3)CC2)c(F)c1. The van der Waals surface area contributed by atoms with Gasteiger partial charge in [-0.25, -0.2) is 4.39 Å². The summed E-state index contributed by atoms with van der Waals surface area (Å²) in [5, 5.41) is 6.26. The van der Waals surface area contributed by atoms with Gasteiger partial charge in [-0.15, -0.1) is 0 Å². The molecule has 11 heteroatoms. The molecular weight excluding hydrogens is 514 g/mol. The van der Waals surface area contributed by atoms with Gasteiger partial charge in [0.25, 0.3) is 5.91 Å². The molecule has 7 nitrogen and oxygen atoms in total. The lowest BCUT2D eigenvalue weighted by Gasteiger charge is -2.21. The van der Waals surface area contributed by atoms with E-state index in [4.69, 9.17) is 27.9 Å². The molecule has 1 atom stereocenters. The molecule has 1 aromatic carbocycles. The average molecular weight is 537 g/mol. The summed E-state index contributed by atoms with van der Waals surface area (Å²) in [6, 6.07) is 5.42. The zero-order valence-corrected chi connectivity index (χ0v) is 21.6. The normalized spacial score (nSPS) is 14.8. The molecule has 0 spiro atoms. The van der Waals surface area contributed by atoms with E-state index >= 15 is 4.39 Å². The Morgan fingerprint density at radius 2 is 2.00 bits per heavy atom. The first-order chi connectivity index (χ1) is 16.6. The maximum Gasteiger partial charge on any atom is 0.263 e. The Kier molecular flexibility index (Phi) is 7.30. The number of rotatable bonds is 8. The molecule has 1 fully saturated rings. The van der Waals surface area contributed by atoms with Crippen LogP contribution in [0.4, 0.5) is 4.39 Å². The molecule has 4 rings (SSSR count). The molecule has 0 radical (unpaired) electrons. The number of carbonyl (C=O) groups is 2. The molecule has 2 heterocycles. The Hall–Kier alpha value is -2.75. The lowest BCUT2D eigenvalue weighted by Crippen LogP contribution is -2.49. The molecule has 1 aliphatic carbocycles. The number of aryl methyl sites for hydroxylation is 1. The molecule has 3 aromatic rings. The van der Waals surface area contributed by atoms with Crippen molar-refractivity contribution in [1.82, 2.24) is 20.0 Å². The Morgan fingerprint density at radius 3 is 2.60 bits per heavy atom. The van der Waals surface area contributed by atoms with E-state index in [9.17, 15) is 9.59 Å². The number of ether oxygens (including phenoxy) is 1. The summed E-state index contributed by atoms with van der Waals surface area (Å²) < 4.78 is 24.8. The van der Waals surface area contributed by atoms with Crippen molar-refractivity contribution in [2.24, 2.45) is 0 Å². The molecule has 0 saturated heterocycles. The zero-order chi connectivity index (χ0) is 25.3. The van der Waals surface area contributed by atoms with Gasteiger partial charge in [-0.05, 0) is 69.4 Å². The van der Waals surface area contributed by atoms with E-state index in [-0.39, 0.29) is 17.5 Å². The molecule has 1 aliphatic rings. The Morgan fingerprint density at radius 1 is 1.26 bits per heavy atom. The van der Waals surface area contributed by atoms with Crippen molar-refractivity contribution in [3.63, 3.8) is 0 Å². The second kappa shape index (κ2) is 10.1. The van der Waals surface area contributed by atoms with Crippen molar-refractivity contribution >= 4 is 46.5 Å².